The Balaban J connectivity index is 1.51. The van der Waals surface area contributed by atoms with Gasteiger partial charge in [0.15, 0.2) is 17.5 Å². The van der Waals surface area contributed by atoms with Crippen LogP contribution in [-0.2, 0) is 0 Å². The van der Waals surface area contributed by atoms with E-state index in [1.807, 2.05) is 12.1 Å². The summed E-state index contributed by atoms with van der Waals surface area (Å²) in [5.74, 6) is 2.37. The highest BCUT2D eigenvalue weighted by Crippen LogP contribution is 2.34. The van der Waals surface area contributed by atoms with Crippen LogP contribution in [0.2, 0.25) is 0 Å². The third-order valence-electron chi connectivity index (χ3n) is 7.61. The van der Waals surface area contributed by atoms with E-state index >= 15 is 0 Å². The van der Waals surface area contributed by atoms with Gasteiger partial charge in [-0.2, -0.15) is 0 Å². The first-order valence-corrected chi connectivity index (χ1v) is 15.2. The molecule has 4 aromatic rings. The number of phenolic OH excluding ortho intramolecular Hbond substituents is 1. The fraction of sp³-hybridized carbons (Fsp3) is 0.417. The molecule has 0 bridgehead atoms. The fourth-order valence-corrected chi connectivity index (χ4v) is 5.26. The van der Waals surface area contributed by atoms with E-state index in [4.69, 9.17) is 19.7 Å². The summed E-state index contributed by atoms with van der Waals surface area (Å²) in [4.78, 5) is 14.6. The zero-order chi connectivity index (χ0) is 29.2. The molecule has 0 aliphatic rings. The van der Waals surface area contributed by atoms with Crippen LogP contribution >= 0.6 is 0 Å². The number of unbranched alkanes of at least 4 members (excludes halogenated alkanes) is 8. The van der Waals surface area contributed by atoms with Crippen molar-refractivity contribution in [1.82, 2.24) is 15.0 Å². The number of hydrogen-bond donors (Lipinski definition) is 1. The van der Waals surface area contributed by atoms with Crippen molar-refractivity contribution in [3.63, 3.8) is 0 Å². The Morgan fingerprint density at radius 2 is 1.02 bits per heavy atom. The van der Waals surface area contributed by atoms with Gasteiger partial charge in [-0.15, -0.1) is 0 Å². The minimum atomic E-state index is 0.0962. The molecule has 0 unspecified atom stereocenters. The Labute approximate surface area is 246 Å². The lowest BCUT2D eigenvalue weighted by Crippen LogP contribution is -2.02. The molecule has 216 valence electrons. The molecule has 1 aromatic heterocycles. The van der Waals surface area contributed by atoms with Crippen molar-refractivity contribution < 1.29 is 9.84 Å². The van der Waals surface area contributed by atoms with E-state index < -0.39 is 0 Å². The number of hydrogen-bond acceptors (Lipinski definition) is 5. The standard InChI is InChI=1S/C36H45N3O2/c1-6-7-8-9-10-11-12-13-14-21-41-29-17-20-32(33(40)24-29)36-38-34(30-18-15-25(2)22-27(30)4)37-35(39-36)31-19-16-26(3)23-28(31)5/h15-20,22-24,40H,6-14,21H2,1-5H3. The molecule has 0 radical (unpaired) electrons. The van der Waals surface area contributed by atoms with Crippen molar-refractivity contribution in [2.75, 3.05) is 6.61 Å². The van der Waals surface area contributed by atoms with Crippen LogP contribution in [0.3, 0.4) is 0 Å². The second kappa shape index (κ2) is 14.8. The summed E-state index contributed by atoms with van der Waals surface area (Å²) in [6, 6.07) is 17.9. The number of aromatic hydroxyl groups is 1. The van der Waals surface area contributed by atoms with Gasteiger partial charge in [-0.3, -0.25) is 0 Å². The summed E-state index contributed by atoms with van der Waals surface area (Å²) in [6.45, 7) is 11.2. The van der Waals surface area contributed by atoms with Gasteiger partial charge in [0.1, 0.15) is 11.5 Å². The summed E-state index contributed by atoms with van der Waals surface area (Å²) in [5.41, 5.74) is 7.02. The minimum Gasteiger partial charge on any atom is -0.507 e. The zero-order valence-corrected chi connectivity index (χ0v) is 25.5. The summed E-state index contributed by atoms with van der Waals surface area (Å²) in [5, 5.41) is 11.0. The third-order valence-corrected chi connectivity index (χ3v) is 7.61. The van der Waals surface area contributed by atoms with Gasteiger partial charge in [0.05, 0.1) is 12.2 Å². The molecule has 5 heteroatoms. The van der Waals surface area contributed by atoms with Gasteiger partial charge >= 0.3 is 0 Å². The maximum Gasteiger partial charge on any atom is 0.167 e. The molecule has 0 amide bonds. The Morgan fingerprint density at radius 1 is 0.561 bits per heavy atom. The topological polar surface area (TPSA) is 68.1 Å². The summed E-state index contributed by atoms with van der Waals surface area (Å²) >= 11 is 0. The van der Waals surface area contributed by atoms with Crippen LogP contribution in [0.25, 0.3) is 34.2 Å². The Hall–Kier alpha value is -3.73. The second-order valence-corrected chi connectivity index (χ2v) is 11.3. The highest BCUT2D eigenvalue weighted by molar-refractivity contribution is 5.72. The number of phenols is 1. The van der Waals surface area contributed by atoms with Crippen molar-refractivity contribution in [2.45, 2.75) is 92.4 Å². The van der Waals surface area contributed by atoms with E-state index in [-0.39, 0.29) is 5.75 Å². The van der Waals surface area contributed by atoms with Gasteiger partial charge in [0.25, 0.3) is 0 Å². The smallest absolute Gasteiger partial charge is 0.167 e. The van der Waals surface area contributed by atoms with E-state index in [2.05, 4.69) is 71.0 Å². The number of aryl methyl sites for hydroxylation is 4. The third kappa shape index (κ3) is 8.39. The van der Waals surface area contributed by atoms with Gasteiger partial charge in [-0.25, -0.2) is 15.0 Å². The van der Waals surface area contributed by atoms with E-state index in [1.165, 1.54) is 62.5 Å². The first kappa shape index (κ1) is 30.2. The second-order valence-electron chi connectivity index (χ2n) is 11.3. The predicted molar refractivity (Wildman–Crippen MR) is 169 cm³/mol. The van der Waals surface area contributed by atoms with Crippen LogP contribution in [0, 0.1) is 27.7 Å². The quantitative estimate of drug-likeness (QED) is 0.158. The Morgan fingerprint density at radius 3 is 1.51 bits per heavy atom. The predicted octanol–water partition coefficient (Wildman–Crippen LogP) is 9.72. The van der Waals surface area contributed by atoms with Crippen LogP contribution in [0.15, 0.2) is 54.6 Å². The lowest BCUT2D eigenvalue weighted by Gasteiger charge is -2.13. The molecule has 0 spiro atoms. The fourth-order valence-electron chi connectivity index (χ4n) is 5.26. The van der Waals surface area contributed by atoms with E-state index in [0.717, 1.165) is 28.7 Å². The maximum atomic E-state index is 11.0. The van der Waals surface area contributed by atoms with E-state index in [0.29, 0.717) is 35.4 Å². The molecule has 1 heterocycles. The maximum absolute atomic E-state index is 11.0. The number of nitrogens with zero attached hydrogens (tertiary/aromatic N) is 3. The lowest BCUT2D eigenvalue weighted by atomic mass is 10.0. The van der Waals surface area contributed by atoms with Crippen LogP contribution in [0.1, 0.15) is 87.0 Å². The molecule has 3 aromatic carbocycles. The van der Waals surface area contributed by atoms with Crippen LogP contribution < -0.4 is 4.74 Å². The highest BCUT2D eigenvalue weighted by Gasteiger charge is 2.17. The van der Waals surface area contributed by atoms with Crippen molar-refractivity contribution in [2.24, 2.45) is 0 Å². The summed E-state index contributed by atoms with van der Waals surface area (Å²) in [7, 11) is 0. The van der Waals surface area contributed by atoms with Crippen molar-refractivity contribution in [1.29, 1.82) is 0 Å². The minimum absolute atomic E-state index is 0.0962. The average molecular weight is 552 g/mol. The molecule has 41 heavy (non-hydrogen) atoms. The van der Waals surface area contributed by atoms with Gasteiger partial charge in [-0.1, -0.05) is 106 Å². The average Bonchev–Trinajstić information content (AvgIpc) is 2.94. The molecule has 0 aliphatic carbocycles. The van der Waals surface area contributed by atoms with Crippen LogP contribution in [0.4, 0.5) is 0 Å². The molecule has 0 fully saturated rings. The number of benzene rings is 3. The highest BCUT2D eigenvalue weighted by atomic mass is 16.5. The number of aromatic nitrogens is 3. The zero-order valence-electron chi connectivity index (χ0n) is 25.5. The van der Waals surface area contributed by atoms with Gasteiger partial charge in [0, 0.05) is 17.2 Å². The molecule has 0 atom stereocenters. The van der Waals surface area contributed by atoms with Crippen LogP contribution in [-0.4, -0.2) is 26.7 Å². The SMILES string of the molecule is CCCCCCCCCCCOc1ccc(-c2nc(-c3ccc(C)cc3C)nc(-c3ccc(C)cc3C)n2)c(O)c1. The van der Waals surface area contributed by atoms with Crippen LogP contribution in [0.5, 0.6) is 11.5 Å². The molecule has 0 saturated heterocycles. The van der Waals surface area contributed by atoms with Crippen molar-refractivity contribution >= 4 is 0 Å². The number of rotatable bonds is 14. The first-order chi connectivity index (χ1) is 19.9. The lowest BCUT2D eigenvalue weighted by molar-refractivity contribution is 0.302. The van der Waals surface area contributed by atoms with Gasteiger partial charge in [-0.05, 0) is 57.4 Å². The normalized spacial score (nSPS) is 11.1. The number of ether oxygens (including phenoxy) is 1. The van der Waals surface area contributed by atoms with Crippen molar-refractivity contribution in [3.05, 3.63) is 76.9 Å². The monoisotopic (exact) mass is 551 g/mol. The molecule has 1 N–H and O–H groups in total. The van der Waals surface area contributed by atoms with Crippen molar-refractivity contribution in [3.8, 4) is 45.7 Å². The first-order valence-electron chi connectivity index (χ1n) is 15.2. The molecule has 4 rings (SSSR count). The Kier molecular flexibility index (Phi) is 10.9. The largest absolute Gasteiger partial charge is 0.507 e. The van der Waals surface area contributed by atoms with Gasteiger partial charge < -0.3 is 9.84 Å². The molecular weight excluding hydrogens is 506 g/mol. The molecule has 5 nitrogen and oxygen atoms in total. The molecule has 0 saturated carbocycles. The van der Waals surface area contributed by atoms with E-state index in [9.17, 15) is 5.11 Å². The van der Waals surface area contributed by atoms with E-state index in [1.54, 1.807) is 6.07 Å². The van der Waals surface area contributed by atoms with Gasteiger partial charge in [0.2, 0.25) is 0 Å². The summed E-state index contributed by atoms with van der Waals surface area (Å²) in [6.07, 6.45) is 11.5. The Bertz CT molecular complexity index is 1380. The summed E-state index contributed by atoms with van der Waals surface area (Å²) < 4.78 is 5.96. The molecular formula is C36H45N3O2. The molecule has 0 aliphatic heterocycles.